The van der Waals surface area contributed by atoms with E-state index in [9.17, 15) is 4.79 Å². The molecule has 0 atom stereocenters. The van der Waals surface area contributed by atoms with Crippen molar-refractivity contribution in [3.63, 3.8) is 0 Å². The predicted octanol–water partition coefficient (Wildman–Crippen LogP) is 7.47. The fourth-order valence-corrected chi connectivity index (χ4v) is 5.69. The number of fused-ring (bicyclic) bond motifs is 1. The molecular formula is C32H48N4O4Si. The Morgan fingerprint density at radius 1 is 1.10 bits per heavy atom. The summed E-state index contributed by atoms with van der Waals surface area (Å²) in [5.74, 6) is 0.819. The van der Waals surface area contributed by atoms with Crippen LogP contribution >= 0.6 is 0 Å². The van der Waals surface area contributed by atoms with E-state index in [0.29, 0.717) is 26.4 Å². The minimum atomic E-state index is -1.18. The van der Waals surface area contributed by atoms with E-state index in [1.54, 1.807) is 0 Å². The topological polar surface area (TPSA) is 77.9 Å². The summed E-state index contributed by atoms with van der Waals surface area (Å²) in [5.41, 5.74) is 3.55. The van der Waals surface area contributed by atoms with Gasteiger partial charge in [0.25, 0.3) is 0 Å². The number of piperidine rings is 1. The van der Waals surface area contributed by atoms with Crippen molar-refractivity contribution in [1.29, 1.82) is 0 Å². The fourth-order valence-electron chi connectivity index (χ4n) is 4.93. The molecule has 4 rings (SSSR count). The van der Waals surface area contributed by atoms with Crippen LogP contribution in [0.25, 0.3) is 22.2 Å². The lowest BCUT2D eigenvalue weighted by atomic mass is 9.81. The maximum Gasteiger partial charge on any atom is 0.410 e. The molecule has 41 heavy (non-hydrogen) atoms. The van der Waals surface area contributed by atoms with Crippen molar-refractivity contribution in [3.05, 3.63) is 42.7 Å². The summed E-state index contributed by atoms with van der Waals surface area (Å²) >= 11 is 0. The predicted molar refractivity (Wildman–Crippen MR) is 169 cm³/mol. The molecule has 0 aliphatic carbocycles. The number of aromatic nitrogens is 2. The van der Waals surface area contributed by atoms with Crippen molar-refractivity contribution in [3.8, 4) is 16.9 Å². The van der Waals surface area contributed by atoms with Gasteiger partial charge >= 0.3 is 6.09 Å². The quantitative estimate of drug-likeness (QED) is 0.198. The van der Waals surface area contributed by atoms with Gasteiger partial charge in [0, 0.05) is 63.9 Å². The maximum atomic E-state index is 12.6. The van der Waals surface area contributed by atoms with E-state index in [-0.39, 0.29) is 11.5 Å². The van der Waals surface area contributed by atoms with Gasteiger partial charge in [0.2, 0.25) is 0 Å². The highest BCUT2D eigenvalue weighted by molar-refractivity contribution is 6.76. The number of hydrogen-bond acceptors (Lipinski definition) is 6. The van der Waals surface area contributed by atoms with Gasteiger partial charge in [-0.25, -0.2) is 9.78 Å². The Hall–Kier alpha value is -3.04. The molecular weight excluding hydrogens is 532 g/mol. The van der Waals surface area contributed by atoms with Crippen molar-refractivity contribution in [2.45, 2.75) is 78.6 Å². The zero-order valence-electron chi connectivity index (χ0n) is 26.2. The highest BCUT2D eigenvalue weighted by Gasteiger charge is 2.34. The number of rotatable bonds is 10. The standard InChI is InChI=1S/C32H48N4O4Si/c1-31(2,3)40-30(37)35-17-14-32(4,15-18-35)22-39-27-13-16-34-29-28(27)26(24-9-11-25(33-5)12-10-24)21-36(29)23-38-19-20-41(6,7)8/h9-13,16,21,33H,14-15,17-20,22-23H2,1-8H3. The van der Waals surface area contributed by atoms with Crippen LogP contribution in [0.2, 0.25) is 25.7 Å². The summed E-state index contributed by atoms with van der Waals surface area (Å²) in [5, 5.41) is 4.19. The molecule has 224 valence electrons. The van der Waals surface area contributed by atoms with Gasteiger partial charge in [0.1, 0.15) is 23.7 Å². The largest absolute Gasteiger partial charge is 0.492 e. The lowest BCUT2D eigenvalue weighted by Crippen LogP contribution is -2.46. The van der Waals surface area contributed by atoms with Gasteiger partial charge in [-0.3, -0.25) is 0 Å². The van der Waals surface area contributed by atoms with Crippen molar-refractivity contribution in [2.75, 3.05) is 38.7 Å². The summed E-state index contributed by atoms with van der Waals surface area (Å²) in [6.45, 7) is 18.1. The van der Waals surface area contributed by atoms with Gasteiger partial charge in [-0.2, -0.15) is 0 Å². The molecule has 1 amide bonds. The average molecular weight is 581 g/mol. The van der Waals surface area contributed by atoms with Crippen molar-refractivity contribution in [1.82, 2.24) is 14.5 Å². The normalized spacial score (nSPS) is 15.7. The monoisotopic (exact) mass is 580 g/mol. The molecule has 9 heteroatoms. The summed E-state index contributed by atoms with van der Waals surface area (Å²) in [6, 6.07) is 11.5. The summed E-state index contributed by atoms with van der Waals surface area (Å²) in [4.78, 5) is 19.1. The molecule has 1 aliphatic rings. The minimum absolute atomic E-state index is 0.0504. The van der Waals surface area contributed by atoms with Crippen molar-refractivity contribution >= 4 is 30.9 Å². The molecule has 3 aromatic rings. The van der Waals surface area contributed by atoms with Crippen LogP contribution in [-0.4, -0.2) is 67.6 Å². The van der Waals surface area contributed by atoms with Crippen LogP contribution in [0.1, 0.15) is 40.5 Å². The number of ether oxygens (including phenoxy) is 3. The molecule has 1 aromatic carbocycles. The van der Waals surface area contributed by atoms with Gasteiger partial charge in [0.15, 0.2) is 0 Å². The molecule has 0 radical (unpaired) electrons. The Kier molecular flexibility index (Phi) is 9.38. The minimum Gasteiger partial charge on any atom is -0.492 e. The molecule has 0 spiro atoms. The third-order valence-corrected chi connectivity index (χ3v) is 9.33. The number of likely N-dealkylation sites (tertiary alicyclic amines) is 1. The number of pyridine rings is 1. The van der Waals surface area contributed by atoms with E-state index in [4.69, 9.17) is 19.2 Å². The number of nitrogens with one attached hydrogen (secondary N) is 1. The lowest BCUT2D eigenvalue weighted by Gasteiger charge is -2.39. The van der Waals surface area contributed by atoms with Crippen LogP contribution in [0.3, 0.4) is 0 Å². The number of carbonyl (C=O) groups excluding carboxylic acids is 1. The highest BCUT2D eigenvalue weighted by Crippen LogP contribution is 2.39. The van der Waals surface area contributed by atoms with Crippen LogP contribution in [0, 0.1) is 5.41 Å². The molecule has 1 fully saturated rings. The number of carbonyl (C=O) groups is 1. The van der Waals surface area contributed by atoms with Crippen LogP contribution in [-0.2, 0) is 16.2 Å². The van der Waals surface area contributed by atoms with Crippen LogP contribution in [0.5, 0.6) is 5.75 Å². The molecule has 1 N–H and O–H groups in total. The smallest absolute Gasteiger partial charge is 0.410 e. The van der Waals surface area contributed by atoms with Gasteiger partial charge in [0.05, 0.1) is 12.0 Å². The molecule has 0 bridgehead atoms. The average Bonchev–Trinajstić information content (AvgIpc) is 3.28. The zero-order chi connectivity index (χ0) is 29.8. The third-order valence-electron chi connectivity index (χ3n) is 7.63. The zero-order valence-corrected chi connectivity index (χ0v) is 27.2. The van der Waals surface area contributed by atoms with E-state index in [1.165, 1.54) is 0 Å². The fraction of sp³-hybridized carbons (Fsp3) is 0.562. The Labute approximate surface area is 246 Å². The van der Waals surface area contributed by atoms with Crippen molar-refractivity contribution in [2.24, 2.45) is 5.41 Å². The Morgan fingerprint density at radius 2 is 1.78 bits per heavy atom. The van der Waals surface area contributed by atoms with Gasteiger partial charge in [-0.1, -0.05) is 38.7 Å². The van der Waals surface area contributed by atoms with Crippen LogP contribution in [0.4, 0.5) is 10.5 Å². The third kappa shape index (κ3) is 8.26. The highest BCUT2D eigenvalue weighted by atomic mass is 28.3. The molecule has 0 unspecified atom stereocenters. The van der Waals surface area contributed by atoms with E-state index in [0.717, 1.165) is 59.1 Å². The first kappa shape index (κ1) is 30.9. The number of nitrogens with zero attached hydrogens (tertiary/aromatic N) is 3. The van der Waals surface area contributed by atoms with Crippen LogP contribution in [0.15, 0.2) is 42.7 Å². The molecule has 1 aliphatic heterocycles. The summed E-state index contributed by atoms with van der Waals surface area (Å²) in [6.07, 6.45) is 5.42. The summed E-state index contributed by atoms with van der Waals surface area (Å²) < 4.78 is 20.4. The lowest BCUT2D eigenvalue weighted by molar-refractivity contribution is 0.00603. The van der Waals surface area contributed by atoms with Gasteiger partial charge in [-0.05, 0) is 63.4 Å². The van der Waals surface area contributed by atoms with E-state index >= 15 is 0 Å². The van der Waals surface area contributed by atoms with Gasteiger partial charge in [-0.15, -0.1) is 0 Å². The molecule has 1 saturated heterocycles. The Bertz CT molecular complexity index is 1320. The van der Waals surface area contributed by atoms with E-state index < -0.39 is 13.7 Å². The first-order chi connectivity index (χ1) is 19.3. The summed E-state index contributed by atoms with van der Waals surface area (Å²) in [7, 11) is 0.749. The second kappa shape index (κ2) is 12.4. The van der Waals surface area contributed by atoms with E-state index in [2.05, 4.69) is 66.9 Å². The first-order valence-electron chi connectivity index (χ1n) is 14.7. The van der Waals surface area contributed by atoms with Crippen LogP contribution < -0.4 is 10.1 Å². The number of anilines is 1. The molecule has 0 saturated carbocycles. The number of hydrogen-bond donors (Lipinski definition) is 1. The Morgan fingerprint density at radius 3 is 2.39 bits per heavy atom. The second-order valence-corrected chi connectivity index (χ2v) is 19.4. The molecule has 8 nitrogen and oxygen atoms in total. The van der Waals surface area contributed by atoms with Gasteiger partial charge < -0.3 is 29.0 Å². The first-order valence-corrected chi connectivity index (χ1v) is 18.4. The molecule has 3 heterocycles. The SMILES string of the molecule is CNc1ccc(-c2cn(COCC[Si](C)(C)C)c3nccc(OCC4(C)CCN(C(=O)OC(C)(C)C)CC4)c23)cc1. The van der Waals surface area contributed by atoms with Crippen molar-refractivity contribution < 1.29 is 19.0 Å². The Balaban J connectivity index is 1.54. The molecule has 2 aromatic heterocycles. The number of benzene rings is 1. The number of amides is 1. The van der Waals surface area contributed by atoms with E-state index in [1.807, 2.05) is 45.0 Å². The maximum absolute atomic E-state index is 12.6. The second-order valence-electron chi connectivity index (χ2n) is 13.8.